The van der Waals surface area contributed by atoms with E-state index in [-0.39, 0.29) is 6.03 Å². The molecule has 14 heteroatoms. The summed E-state index contributed by atoms with van der Waals surface area (Å²) in [5.41, 5.74) is 2.25. The number of aliphatic carboxylic acids is 1. The van der Waals surface area contributed by atoms with Crippen LogP contribution in [0.15, 0.2) is 18.5 Å². The lowest BCUT2D eigenvalue weighted by atomic mass is 10.1. The second-order valence-corrected chi connectivity index (χ2v) is 7.86. The summed E-state index contributed by atoms with van der Waals surface area (Å²) < 4.78 is 31.7. The minimum Gasteiger partial charge on any atom is -0.475 e. The summed E-state index contributed by atoms with van der Waals surface area (Å²) in [6.45, 7) is 5.98. The molecule has 33 heavy (non-hydrogen) atoms. The fourth-order valence-electron chi connectivity index (χ4n) is 2.87. The maximum atomic E-state index is 11.7. The normalized spacial score (nSPS) is 14.0. The van der Waals surface area contributed by atoms with Crippen LogP contribution >= 0.6 is 11.3 Å². The first kappa shape index (κ1) is 25.8. The molecule has 2 aromatic rings. The Morgan fingerprint density at radius 2 is 1.91 bits per heavy atom. The van der Waals surface area contributed by atoms with Crippen molar-refractivity contribution in [2.75, 3.05) is 38.5 Å². The van der Waals surface area contributed by atoms with Crippen LogP contribution in [-0.4, -0.2) is 76.3 Å². The van der Waals surface area contributed by atoms with Gasteiger partial charge in [0.05, 0.1) is 6.20 Å². The molecular formula is C19H22F3N7O3S. The molecule has 2 aromatic heterocycles. The van der Waals surface area contributed by atoms with Crippen LogP contribution in [0.5, 0.6) is 0 Å². The van der Waals surface area contributed by atoms with Crippen molar-refractivity contribution in [1.82, 2.24) is 25.1 Å². The van der Waals surface area contributed by atoms with E-state index in [4.69, 9.17) is 15.2 Å². The summed E-state index contributed by atoms with van der Waals surface area (Å²) in [4.78, 5) is 33.9. The number of rotatable bonds is 4. The number of thiazole rings is 1. The highest BCUT2D eigenvalue weighted by Crippen LogP contribution is 2.25. The first-order chi connectivity index (χ1) is 15.5. The van der Waals surface area contributed by atoms with E-state index in [9.17, 15) is 18.0 Å². The van der Waals surface area contributed by atoms with Crippen molar-refractivity contribution < 1.29 is 27.9 Å². The lowest BCUT2D eigenvalue weighted by molar-refractivity contribution is -0.192. The molecule has 1 saturated heterocycles. The zero-order valence-electron chi connectivity index (χ0n) is 17.8. The first-order valence-electron chi connectivity index (χ1n) is 9.61. The fraction of sp³-hybridized carbons (Fsp3) is 0.421. The summed E-state index contributed by atoms with van der Waals surface area (Å²) >= 11 is 1.31. The summed E-state index contributed by atoms with van der Waals surface area (Å²) in [6, 6.07) is 4.09. The summed E-state index contributed by atoms with van der Waals surface area (Å²) in [5, 5.41) is 22.6. The SMILES string of the molecule is CNC(=O)N1CCN(Cc2ccnc(Nc3ncc(C#N)s3)c2C)CC1.O=C(O)C(F)(F)F. The van der Waals surface area contributed by atoms with E-state index in [0.29, 0.717) is 10.0 Å². The number of urea groups is 1. The quantitative estimate of drug-likeness (QED) is 0.602. The number of carbonyl (C=O) groups is 2. The average Bonchev–Trinajstić information content (AvgIpc) is 3.24. The van der Waals surface area contributed by atoms with E-state index in [0.717, 1.165) is 44.1 Å². The second-order valence-electron chi connectivity index (χ2n) is 6.83. The maximum absolute atomic E-state index is 11.7. The number of carboxylic acid groups (broad SMARTS) is 1. The minimum absolute atomic E-state index is 0.0172. The van der Waals surface area contributed by atoms with Crippen molar-refractivity contribution in [1.29, 1.82) is 5.26 Å². The molecule has 0 saturated carbocycles. The molecule has 0 aromatic carbocycles. The van der Waals surface area contributed by atoms with E-state index in [2.05, 4.69) is 31.6 Å². The van der Waals surface area contributed by atoms with Crippen LogP contribution in [0, 0.1) is 18.3 Å². The summed E-state index contributed by atoms with van der Waals surface area (Å²) in [7, 11) is 1.66. The molecule has 10 nitrogen and oxygen atoms in total. The number of nitrogens with zero attached hydrogens (tertiary/aromatic N) is 5. The van der Waals surface area contributed by atoms with Crippen LogP contribution in [0.2, 0.25) is 0 Å². The number of aromatic nitrogens is 2. The zero-order chi connectivity index (χ0) is 24.6. The third-order valence-corrected chi connectivity index (χ3v) is 5.48. The molecule has 0 radical (unpaired) electrons. The molecule has 0 aliphatic carbocycles. The number of anilines is 2. The van der Waals surface area contributed by atoms with Crippen LogP contribution in [0.3, 0.4) is 0 Å². The Morgan fingerprint density at radius 1 is 1.27 bits per heavy atom. The van der Waals surface area contributed by atoms with Crippen molar-refractivity contribution in [2.24, 2.45) is 0 Å². The van der Waals surface area contributed by atoms with Gasteiger partial charge in [0, 0.05) is 46.0 Å². The highest BCUT2D eigenvalue weighted by Gasteiger charge is 2.38. The van der Waals surface area contributed by atoms with Gasteiger partial charge in [0.15, 0.2) is 5.13 Å². The topological polar surface area (TPSA) is 134 Å². The van der Waals surface area contributed by atoms with E-state index < -0.39 is 12.1 Å². The van der Waals surface area contributed by atoms with Gasteiger partial charge in [-0.05, 0) is 24.1 Å². The number of halogens is 3. The molecule has 1 aliphatic heterocycles. The van der Waals surface area contributed by atoms with E-state index >= 15 is 0 Å². The van der Waals surface area contributed by atoms with E-state index in [1.54, 1.807) is 19.4 Å². The van der Waals surface area contributed by atoms with Crippen LogP contribution in [0.4, 0.5) is 28.9 Å². The molecule has 178 valence electrons. The molecule has 3 N–H and O–H groups in total. The van der Waals surface area contributed by atoms with Gasteiger partial charge in [-0.15, -0.1) is 0 Å². The van der Waals surface area contributed by atoms with Gasteiger partial charge in [0.1, 0.15) is 16.8 Å². The van der Waals surface area contributed by atoms with E-state index in [1.807, 2.05) is 17.9 Å². The smallest absolute Gasteiger partial charge is 0.475 e. The second kappa shape index (κ2) is 11.4. The van der Waals surface area contributed by atoms with Crippen molar-refractivity contribution in [3.8, 4) is 6.07 Å². The van der Waals surface area contributed by atoms with Gasteiger partial charge < -0.3 is 20.6 Å². The van der Waals surface area contributed by atoms with Crippen molar-refractivity contribution in [2.45, 2.75) is 19.6 Å². The standard InChI is InChI=1S/C17H21N7OS.C2HF3O2/c1-12-13(11-23-5-7-24(8-6-23)17(25)19-2)3-4-20-15(12)22-16-21-10-14(9-18)26-16;3-2(4,5)1(6)7/h3-4,10H,5-8,11H2,1-2H3,(H,19,25)(H,20,21,22);(H,6,7). The number of carboxylic acids is 1. The van der Waals surface area contributed by atoms with Gasteiger partial charge in [-0.3, -0.25) is 4.90 Å². The highest BCUT2D eigenvalue weighted by molar-refractivity contribution is 7.16. The zero-order valence-corrected chi connectivity index (χ0v) is 18.6. The Kier molecular flexibility index (Phi) is 8.94. The Morgan fingerprint density at radius 3 is 2.42 bits per heavy atom. The van der Waals surface area contributed by atoms with Crippen molar-refractivity contribution >= 4 is 34.3 Å². The number of pyridine rings is 1. The number of hydrogen-bond acceptors (Lipinski definition) is 8. The molecule has 2 amide bonds. The Labute approximate surface area is 191 Å². The number of alkyl halides is 3. The number of nitriles is 1. The maximum Gasteiger partial charge on any atom is 0.490 e. The Balaban J connectivity index is 0.000000479. The van der Waals surface area contributed by atoms with Gasteiger partial charge in [0.25, 0.3) is 0 Å². The average molecular weight is 485 g/mol. The number of piperazine rings is 1. The molecule has 1 aliphatic rings. The van der Waals surface area contributed by atoms with Gasteiger partial charge in [0.2, 0.25) is 0 Å². The lowest BCUT2D eigenvalue weighted by Crippen LogP contribution is -2.50. The molecular weight excluding hydrogens is 463 g/mol. The van der Waals surface area contributed by atoms with Crippen molar-refractivity contribution in [3.05, 3.63) is 34.5 Å². The van der Waals surface area contributed by atoms with Crippen LogP contribution < -0.4 is 10.6 Å². The van der Waals surface area contributed by atoms with Crippen LogP contribution in [0.1, 0.15) is 16.0 Å². The highest BCUT2D eigenvalue weighted by atomic mass is 32.1. The monoisotopic (exact) mass is 485 g/mol. The van der Waals surface area contributed by atoms with Crippen molar-refractivity contribution in [3.63, 3.8) is 0 Å². The summed E-state index contributed by atoms with van der Waals surface area (Å²) in [6.07, 6.45) is -1.75. The van der Waals surface area contributed by atoms with Gasteiger partial charge in [-0.2, -0.15) is 18.4 Å². The Hall–Kier alpha value is -3.44. The Bertz CT molecular complexity index is 1010. The molecule has 0 bridgehead atoms. The fourth-order valence-corrected chi connectivity index (χ4v) is 3.48. The molecule has 3 heterocycles. The third-order valence-electron chi connectivity index (χ3n) is 4.67. The largest absolute Gasteiger partial charge is 0.490 e. The van der Waals surface area contributed by atoms with E-state index in [1.165, 1.54) is 16.9 Å². The number of nitrogens with one attached hydrogen (secondary N) is 2. The van der Waals surface area contributed by atoms with Gasteiger partial charge >= 0.3 is 18.2 Å². The van der Waals surface area contributed by atoms with Gasteiger partial charge in [-0.25, -0.2) is 19.6 Å². The predicted molar refractivity (Wildman–Crippen MR) is 114 cm³/mol. The van der Waals surface area contributed by atoms with Gasteiger partial charge in [-0.1, -0.05) is 11.3 Å². The molecule has 0 atom stereocenters. The molecule has 0 spiro atoms. The first-order valence-corrected chi connectivity index (χ1v) is 10.4. The molecule has 0 unspecified atom stereocenters. The number of amides is 2. The summed E-state index contributed by atoms with van der Waals surface area (Å²) in [5.74, 6) is -2.00. The van der Waals surface area contributed by atoms with Crippen LogP contribution in [-0.2, 0) is 11.3 Å². The number of carbonyl (C=O) groups excluding carboxylic acids is 1. The molecule has 1 fully saturated rings. The minimum atomic E-state index is -5.08. The third kappa shape index (κ3) is 7.58. The predicted octanol–water partition coefficient (Wildman–Crippen LogP) is 2.55. The number of hydrogen-bond donors (Lipinski definition) is 3. The van der Waals surface area contributed by atoms with Crippen LogP contribution in [0.25, 0.3) is 0 Å². The lowest BCUT2D eigenvalue weighted by Gasteiger charge is -2.34. The molecule has 3 rings (SSSR count).